The van der Waals surface area contributed by atoms with Crippen molar-refractivity contribution in [3.05, 3.63) is 35.9 Å². The quantitative estimate of drug-likeness (QED) is 0.702. The predicted molar refractivity (Wildman–Crippen MR) is 83.0 cm³/mol. The summed E-state index contributed by atoms with van der Waals surface area (Å²) in [6, 6.07) is 12.2. The molecule has 0 heterocycles. The third-order valence-electron chi connectivity index (χ3n) is 3.57. The highest BCUT2D eigenvalue weighted by molar-refractivity contribution is 5.31. The van der Waals surface area contributed by atoms with Gasteiger partial charge in [-0.2, -0.15) is 5.26 Å². The van der Waals surface area contributed by atoms with Gasteiger partial charge in [0.15, 0.2) is 0 Å². The number of hydrogen-bond donors (Lipinski definition) is 1. The number of likely N-dealkylation sites (N-methyl/N-ethyl adjacent to an activating group) is 1. The molecule has 1 rings (SSSR count). The minimum Gasteiger partial charge on any atom is -0.383 e. The summed E-state index contributed by atoms with van der Waals surface area (Å²) in [5.41, 5.74) is 0.234. The Bertz CT molecular complexity index is 425. The van der Waals surface area contributed by atoms with Crippen LogP contribution in [-0.2, 0) is 15.0 Å². The summed E-state index contributed by atoms with van der Waals surface area (Å²) >= 11 is 0. The molecule has 0 spiro atoms. The Morgan fingerprint density at radius 2 is 1.71 bits per heavy atom. The Labute approximate surface area is 127 Å². The molecule has 0 saturated carbocycles. The van der Waals surface area contributed by atoms with Crippen LogP contribution >= 0.6 is 0 Å². The largest absolute Gasteiger partial charge is 0.383 e. The van der Waals surface area contributed by atoms with Crippen LogP contribution in [0.2, 0.25) is 0 Å². The van der Waals surface area contributed by atoms with Crippen molar-refractivity contribution in [3.63, 3.8) is 0 Å². The van der Waals surface area contributed by atoms with Crippen LogP contribution in [0.4, 0.5) is 0 Å². The molecule has 0 aliphatic rings. The van der Waals surface area contributed by atoms with E-state index >= 15 is 0 Å². The zero-order valence-corrected chi connectivity index (χ0v) is 13.1. The summed E-state index contributed by atoms with van der Waals surface area (Å²) in [5.74, 6) is 0. The maximum absolute atomic E-state index is 9.73. The van der Waals surface area contributed by atoms with Gasteiger partial charge >= 0.3 is 0 Å². The van der Waals surface area contributed by atoms with Crippen LogP contribution in [0.3, 0.4) is 0 Å². The molecule has 0 amide bonds. The van der Waals surface area contributed by atoms with Crippen molar-refractivity contribution in [2.75, 3.05) is 54.1 Å². The molecule has 1 unspecified atom stereocenters. The van der Waals surface area contributed by atoms with E-state index in [9.17, 15) is 5.26 Å². The molecule has 1 aromatic rings. The second-order valence-corrected chi connectivity index (χ2v) is 4.89. The summed E-state index contributed by atoms with van der Waals surface area (Å²) < 4.78 is 10.3. The standard InChI is InChI=1S/C16H25N3O2/c1-18-16(13-17,15-7-5-4-6-8-15)14-19(9-11-20-2)10-12-21-3/h4-8,18H,9-12,14H2,1-3H3. The van der Waals surface area contributed by atoms with E-state index in [1.807, 2.05) is 37.4 Å². The number of nitrogens with zero attached hydrogens (tertiary/aromatic N) is 2. The maximum atomic E-state index is 9.73. The number of nitrogens with one attached hydrogen (secondary N) is 1. The maximum Gasteiger partial charge on any atom is 0.144 e. The third-order valence-corrected chi connectivity index (χ3v) is 3.57. The Kier molecular flexibility index (Phi) is 7.95. The van der Waals surface area contributed by atoms with Crippen LogP contribution in [0.1, 0.15) is 5.56 Å². The normalized spacial score (nSPS) is 13.9. The summed E-state index contributed by atoms with van der Waals surface area (Å²) in [5, 5.41) is 12.9. The highest BCUT2D eigenvalue weighted by Gasteiger charge is 2.32. The minimum absolute atomic E-state index is 0.580. The highest BCUT2D eigenvalue weighted by atomic mass is 16.5. The molecule has 21 heavy (non-hydrogen) atoms. The third kappa shape index (κ3) is 5.10. The molecule has 5 heteroatoms. The molecule has 0 aliphatic carbocycles. The van der Waals surface area contributed by atoms with Crippen molar-refractivity contribution in [3.8, 4) is 6.07 Å². The molecular weight excluding hydrogens is 266 g/mol. The molecule has 1 aromatic carbocycles. The number of hydrogen-bond acceptors (Lipinski definition) is 5. The molecular formula is C16H25N3O2. The van der Waals surface area contributed by atoms with E-state index in [0.717, 1.165) is 18.7 Å². The van der Waals surface area contributed by atoms with Crippen LogP contribution < -0.4 is 5.32 Å². The molecule has 1 N–H and O–H groups in total. The van der Waals surface area contributed by atoms with Gasteiger partial charge in [0.25, 0.3) is 0 Å². The SMILES string of the molecule is CNC(C#N)(CN(CCOC)CCOC)c1ccccc1. The molecule has 0 bridgehead atoms. The van der Waals surface area contributed by atoms with Crippen LogP contribution in [0.25, 0.3) is 0 Å². The molecule has 0 aromatic heterocycles. The second-order valence-electron chi connectivity index (χ2n) is 4.89. The van der Waals surface area contributed by atoms with Crippen molar-refractivity contribution < 1.29 is 9.47 Å². The van der Waals surface area contributed by atoms with Crippen LogP contribution in [0.5, 0.6) is 0 Å². The van der Waals surface area contributed by atoms with Crippen LogP contribution in [0.15, 0.2) is 30.3 Å². The van der Waals surface area contributed by atoms with E-state index in [2.05, 4.69) is 16.3 Å². The summed E-state index contributed by atoms with van der Waals surface area (Å²) in [7, 11) is 5.18. The average Bonchev–Trinajstić information content (AvgIpc) is 2.55. The Morgan fingerprint density at radius 3 is 2.14 bits per heavy atom. The van der Waals surface area contributed by atoms with Crippen molar-refractivity contribution in [2.45, 2.75) is 5.54 Å². The zero-order chi connectivity index (χ0) is 15.6. The summed E-state index contributed by atoms with van der Waals surface area (Å²) in [4.78, 5) is 2.18. The Hall–Kier alpha value is -1.45. The average molecular weight is 291 g/mol. The van der Waals surface area contributed by atoms with Gasteiger partial charge in [-0.05, 0) is 12.6 Å². The van der Waals surface area contributed by atoms with E-state index in [0.29, 0.717) is 19.8 Å². The molecule has 0 aliphatic heterocycles. The Morgan fingerprint density at radius 1 is 1.14 bits per heavy atom. The lowest BCUT2D eigenvalue weighted by Gasteiger charge is -2.33. The lowest BCUT2D eigenvalue weighted by Crippen LogP contribution is -2.50. The number of nitriles is 1. The molecule has 0 saturated heterocycles. The summed E-state index contributed by atoms with van der Waals surface area (Å²) in [6.45, 7) is 3.36. The van der Waals surface area contributed by atoms with Gasteiger partial charge in [0.2, 0.25) is 0 Å². The number of methoxy groups -OCH3 is 2. The van der Waals surface area contributed by atoms with Crippen molar-refractivity contribution in [2.24, 2.45) is 0 Å². The Balaban J connectivity index is 2.90. The second kappa shape index (κ2) is 9.48. The highest BCUT2D eigenvalue weighted by Crippen LogP contribution is 2.21. The van der Waals surface area contributed by atoms with Gasteiger partial charge in [0, 0.05) is 33.9 Å². The van der Waals surface area contributed by atoms with Crippen LogP contribution in [0, 0.1) is 11.3 Å². The van der Waals surface area contributed by atoms with E-state index in [1.165, 1.54) is 0 Å². The van der Waals surface area contributed by atoms with Gasteiger partial charge in [-0.25, -0.2) is 0 Å². The first-order valence-corrected chi connectivity index (χ1v) is 7.08. The van der Waals surface area contributed by atoms with Crippen molar-refractivity contribution >= 4 is 0 Å². The topological polar surface area (TPSA) is 57.5 Å². The smallest absolute Gasteiger partial charge is 0.144 e. The number of rotatable bonds is 10. The molecule has 1 atom stereocenters. The van der Waals surface area contributed by atoms with Gasteiger partial charge in [-0.15, -0.1) is 0 Å². The molecule has 0 fully saturated rings. The van der Waals surface area contributed by atoms with E-state index in [4.69, 9.17) is 9.47 Å². The van der Waals surface area contributed by atoms with Gasteiger partial charge in [-0.3, -0.25) is 10.2 Å². The van der Waals surface area contributed by atoms with Crippen molar-refractivity contribution in [1.29, 1.82) is 5.26 Å². The molecule has 0 radical (unpaired) electrons. The fraction of sp³-hybridized carbons (Fsp3) is 0.562. The fourth-order valence-electron chi connectivity index (χ4n) is 2.24. The summed E-state index contributed by atoms with van der Waals surface area (Å²) in [6.07, 6.45) is 0. The molecule has 116 valence electrons. The first-order chi connectivity index (χ1) is 10.2. The van der Waals surface area contributed by atoms with Gasteiger partial charge in [0.1, 0.15) is 5.54 Å². The lowest BCUT2D eigenvalue weighted by molar-refractivity contribution is 0.101. The fourth-order valence-corrected chi connectivity index (χ4v) is 2.24. The van der Waals surface area contributed by atoms with Gasteiger partial charge in [-0.1, -0.05) is 30.3 Å². The van der Waals surface area contributed by atoms with Crippen molar-refractivity contribution in [1.82, 2.24) is 10.2 Å². The van der Waals surface area contributed by atoms with E-state index in [1.54, 1.807) is 14.2 Å². The number of ether oxygens (including phenoxy) is 2. The first-order valence-electron chi connectivity index (χ1n) is 7.08. The van der Waals surface area contributed by atoms with Crippen LogP contribution in [-0.4, -0.2) is 59.0 Å². The monoisotopic (exact) mass is 291 g/mol. The molecule has 5 nitrogen and oxygen atoms in total. The van der Waals surface area contributed by atoms with E-state index in [-0.39, 0.29) is 0 Å². The zero-order valence-electron chi connectivity index (χ0n) is 13.1. The first kappa shape index (κ1) is 17.6. The minimum atomic E-state index is -0.733. The van der Waals surface area contributed by atoms with Gasteiger partial charge < -0.3 is 9.47 Å². The van der Waals surface area contributed by atoms with Gasteiger partial charge in [0.05, 0.1) is 19.3 Å². The lowest BCUT2D eigenvalue weighted by atomic mass is 9.91. The van der Waals surface area contributed by atoms with E-state index < -0.39 is 5.54 Å². The number of benzene rings is 1. The predicted octanol–water partition coefficient (Wildman–Crippen LogP) is 1.22.